The van der Waals surface area contributed by atoms with Crippen LogP contribution in [0.4, 0.5) is 0 Å². The zero-order valence-corrected chi connectivity index (χ0v) is 45.6. The van der Waals surface area contributed by atoms with Gasteiger partial charge in [0.15, 0.2) is 0 Å². The summed E-state index contributed by atoms with van der Waals surface area (Å²) in [6.07, 6.45) is 5.72. The fourth-order valence-electron chi connectivity index (χ4n) is 9.44. The number of benzene rings is 7. The van der Waals surface area contributed by atoms with Crippen LogP contribution < -0.4 is 0 Å². The molecule has 0 aliphatic heterocycles. The van der Waals surface area contributed by atoms with Gasteiger partial charge in [0.1, 0.15) is 0 Å². The number of nitrogens with zero attached hydrogens (tertiary/aromatic N) is 3. The van der Waals surface area contributed by atoms with Gasteiger partial charge in [0.2, 0.25) is 0 Å². The molecule has 0 bridgehead atoms. The largest absolute Gasteiger partial charge is 3.00 e. The predicted molar refractivity (Wildman–Crippen MR) is 301 cm³/mol. The minimum absolute atomic E-state index is 0. The molecule has 0 radical (unpaired) electrons. The van der Waals surface area contributed by atoms with Crippen LogP contribution in [0, 0.1) is 18.2 Å². The van der Waals surface area contributed by atoms with Crippen LogP contribution in [-0.4, -0.2) is 15.0 Å². The van der Waals surface area contributed by atoms with E-state index in [1.54, 1.807) is 0 Å². The summed E-state index contributed by atoms with van der Waals surface area (Å²) in [6.45, 7) is 20.1. The van der Waals surface area contributed by atoms with Crippen molar-refractivity contribution in [3.05, 3.63) is 235 Å². The van der Waals surface area contributed by atoms with Crippen LogP contribution >= 0.6 is 0 Å². The fraction of sp³-hybridized carbons (Fsp3) is 0.174. The molecule has 3 nitrogen and oxygen atoms in total. The van der Waals surface area contributed by atoms with E-state index < -0.39 is 0 Å². The van der Waals surface area contributed by atoms with E-state index in [2.05, 4.69) is 263 Å². The molecule has 360 valence electrons. The Morgan fingerprint density at radius 1 is 0.288 bits per heavy atom. The summed E-state index contributed by atoms with van der Waals surface area (Å²) in [6, 6.07) is 76.3. The van der Waals surface area contributed by atoms with E-state index in [0.29, 0.717) is 0 Å². The topological polar surface area (TPSA) is 38.7 Å². The molecule has 0 saturated carbocycles. The van der Waals surface area contributed by atoms with Crippen LogP contribution in [0.1, 0.15) is 79.0 Å². The molecule has 0 amide bonds. The quantitative estimate of drug-likeness (QED) is 0.135. The molecule has 73 heavy (non-hydrogen) atoms. The van der Waals surface area contributed by atoms with Gasteiger partial charge in [-0.2, -0.15) is 0 Å². The van der Waals surface area contributed by atoms with Crippen molar-refractivity contribution in [1.82, 2.24) is 15.0 Å². The average Bonchev–Trinajstić information content (AvgIpc) is 3.40. The van der Waals surface area contributed by atoms with Crippen molar-refractivity contribution in [1.29, 1.82) is 0 Å². The number of rotatable bonds is 9. The van der Waals surface area contributed by atoms with Gasteiger partial charge >= 0.3 is 20.1 Å². The Morgan fingerprint density at radius 3 is 0.753 bits per heavy atom. The maximum atomic E-state index is 4.74. The second kappa shape index (κ2) is 20.6. The Labute approximate surface area is 446 Å². The second-order valence-corrected chi connectivity index (χ2v) is 21.9. The molecule has 0 spiro atoms. The van der Waals surface area contributed by atoms with Gasteiger partial charge in [0.05, 0.1) is 0 Å². The van der Waals surface area contributed by atoms with Gasteiger partial charge in [0, 0.05) is 18.6 Å². The van der Waals surface area contributed by atoms with Crippen molar-refractivity contribution in [2.24, 2.45) is 0 Å². The van der Waals surface area contributed by atoms with E-state index in [1.165, 1.54) is 16.7 Å². The maximum absolute atomic E-state index is 4.74. The molecular formula is C69H60IrN3. The first-order valence-electron chi connectivity index (χ1n) is 25.0. The summed E-state index contributed by atoms with van der Waals surface area (Å²) in [5.41, 5.74) is 22.9. The smallest absolute Gasteiger partial charge is 0.305 e. The average molecular weight is 1120 g/mol. The van der Waals surface area contributed by atoms with Crippen LogP contribution in [0.2, 0.25) is 0 Å². The van der Waals surface area contributed by atoms with E-state index in [-0.39, 0.29) is 36.4 Å². The first-order valence-corrected chi connectivity index (χ1v) is 25.0. The normalized spacial score (nSPS) is 11.8. The fourth-order valence-corrected chi connectivity index (χ4v) is 9.44. The van der Waals surface area contributed by atoms with Crippen molar-refractivity contribution in [3.8, 4) is 101 Å². The summed E-state index contributed by atoms with van der Waals surface area (Å²) in [5, 5.41) is 0. The molecule has 0 N–H and O–H groups in total. The second-order valence-electron chi connectivity index (χ2n) is 21.9. The molecule has 0 atom stereocenters. The van der Waals surface area contributed by atoms with E-state index in [4.69, 9.17) is 15.0 Å². The summed E-state index contributed by atoms with van der Waals surface area (Å²) in [4.78, 5) is 14.2. The zero-order chi connectivity index (χ0) is 50.2. The number of hydrogen-bond donors (Lipinski definition) is 0. The van der Waals surface area contributed by atoms with Crippen LogP contribution in [0.25, 0.3) is 101 Å². The third-order valence-corrected chi connectivity index (χ3v) is 13.7. The Hall–Kier alpha value is -7.36. The summed E-state index contributed by atoms with van der Waals surface area (Å²) in [7, 11) is 0. The van der Waals surface area contributed by atoms with Gasteiger partial charge in [0.25, 0.3) is 0 Å². The minimum Gasteiger partial charge on any atom is -0.305 e. The van der Waals surface area contributed by atoms with Crippen LogP contribution in [-0.2, 0) is 36.4 Å². The zero-order valence-electron chi connectivity index (χ0n) is 43.2. The van der Waals surface area contributed by atoms with E-state index in [0.717, 1.165) is 101 Å². The molecule has 10 rings (SSSR count). The maximum Gasteiger partial charge on any atom is 3.00 e. The van der Waals surface area contributed by atoms with Crippen LogP contribution in [0.15, 0.2) is 201 Å². The SMILES string of the molecule is CC(C)(C)c1ccnc(-c2[c-]cc(-c3ccccc3-c3cc(-c4ccccc4-c4c[c-]c(-c5cc(C(C)(C)C)ccn5)cc4)cc(-c4ccccc4-c4c[c-]c(-c5cc(C(C)(C)C)ccn5)cc4)c3)cc2)c1.[Ir+3]. The third kappa shape index (κ3) is 11.0. The Bertz CT molecular complexity index is 3160. The molecule has 4 heteroatoms. The molecule has 10 aromatic rings. The van der Waals surface area contributed by atoms with Gasteiger partial charge in [-0.05, 0) is 120 Å². The molecule has 0 saturated heterocycles. The molecule has 7 aromatic carbocycles. The van der Waals surface area contributed by atoms with Crippen molar-refractivity contribution in [3.63, 3.8) is 0 Å². The molecule has 0 fully saturated rings. The summed E-state index contributed by atoms with van der Waals surface area (Å²) in [5.74, 6) is 0. The molecular weight excluding hydrogens is 1060 g/mol. The standard InChI is InChI=1S/C69H60N3.Ir/c1-67(2,3)55-34-37-70-64(43-55)49-28-22-46(23-29-49)58-16-10-13-19-61(58)52-40-53(62-20-14-11-17-59(62)47-24-30-50(31-25-47)65-44-56(35-38-71-65)68(4,5)6)42-54(41-52)63-21-15-12-18-60(63)48-26-32-51(33-27-48)66-45-57(36-39-72-66)69(7,8)9;/h10-28,30,32,34-45H,1-9H3;/q-3;+3. The van der Waals surface area contributed by atoms with E-state index in [1.807, 2.05) is 18.6 Å². The van der Waals surface area contributed by atoms with Gasteiger partial charge < -0.3 is 15.0 Å². The van der Waals surface area contributed by atoms with Crippen molar-refractivity contribution >= 4 is 0 Å². The van der Waals surface area contributed by atoms with Gasteiger partial charge in [-0.15, -0.1) is 89.5 Å². The summed E-state index contributed by atoms with van der Waals surface area (Å²) < 4.78 is 0. The van der Waals surface area contributed by atoms with Crippen molar-refractivity contribution in [2.75, 3.05) is 0 Å². The van der Waals surface area contributed by atoms with Crippen molar-refractivity contribution < 1.29 is 20.1 Å². The van der Waals surface area contributed by atoms with Crippen molar-refractivity contribution in [2.45, 2.75) is 78.6 Å². The molecule has 3 heterocycles. The van der Waals surface area contributed by atoms with Gasteiger partial charge in [-0.3, -0.25) is 0 Å². The Balaban J connectivity index is 0.00000656. The number of aromatic nitrogens is 3. The van der Waals surface area contributed by atoms with Gasteiger partial charge in [-0.25, -0.2) is 0 Å². The van der Waals surface area contributed by atoms with E-state index >= 15 is 0 Å². The molecule has 0 aliphatic rings. The first kappa shape index (κ1) is 50.6. The predicted octanol–water partition coefficient (Wildman–Crippen LogP) is 18.2. The first-order chi connectivity index (χ1) is 34.6. The number of hydrogen-bond acceptors (Lipinski definition) is 3. The monoisotopic (exact) mass is 1120 g/mol. The van der Waals surface area contributed by atoms with Crippen LogP contribution in [0.3, 0.4) is 0 Å². The van der Waals surface area contributed by atoms with Gasteiger partial charge in [-0.1, -0.05) is 187 Å². The molecule has 3 aromatic heterocycles. The summed E-state index contributed by atoms with van der Waals surface area (Å²) >= 11 is 0. The third-order valence-electron chi connectivity index (χ3n) is 13.7. The molecule has 0 aliphatic carbocycles. The van der Waals surface area contributed by atoms with Crippen LogP contribution in [0.5, 0.6) is 0 Å². The minimum atomic E-state index is 0. The Kier molecular flexibility index (Phi) is 14.3. The Morgan fingerprint density at radius 2 is 0.534 bits per heavy atom. The molecule has 0 unspecified atom stereocenters. The number of pyridine rings is 3. The van der Waals surface area contributed by atoms with E-state index in [9.17, 15) is 0 Å².